The number of nitrogens with zero attached hydrogens (tertiary/aromatic N) is 2. The smallest absolute Gasteiger partial charge is 0.270 e. The lowest BCUT2D eigenvalue weighted by Crippen LogP contribution is -2.24. The molecule has 122 valence electrons. The number of nitrogens with one attached hydrogen (secondary N) is 2. The topological polar surface area (TPSA) is 76.1 Å². The molecule has 0 fully saturated rings. The molecule has 2 aromatic rings. The van der Waals surface area contributed by atoms with Crippen LogP contribution in [-0.4, -0.2) is 36.1 Å². The Hall–Kier alpha value is -2.18. The van der Waals surface area contributed by atoms with E-state index in [1.807, 2.05) is 19.1 Å². The van der Waals surface area contributed by atoms with Gasteiger partial charge in [-0.2, -0.15) is 0 Å². The van der Waals surface area contributed by atoms with Crippen molar-refractivity contribution in [1.82, 2.24) is 15.3 Å². The third kappa shape index (κ3) is 5.50. The lowest BCUT2D eigenvalue weighted by atomic mass is 10.2. The molecule has 1 amide bonds. The summed E-state index contributed by atoms with van der Waals surface area (Å²) in [6.07, 6.45) is 0. The number of rotatable bonds is 7. The monoisotopic (exact) mass is 334 g/mol. The summed E-state index contributed by atoms with van der Waals surface area (Å²) in [7, 11) is 1.62. The van der Waals surface area contributed by atoms with Crippen LogP contribution < -0.4 is 10.6 Å². The number of benzene rings is 1. The molecule has 0 saturated carbocycles. The summed E-state index contributed by atoms with van der Waals surface area (Å²) in [5.41, 5.74) is 2.01. The Bertz CT molecular complexity index is 662. The van der Waals surface area contributed by atoms with Crippen LogP contribution in [0.3, 0.4) is 0 Å². The molecule has 0 atom stereocenters. The number of carbonyl (C=O) groups is 1. The molecule has 0 radical (unpaired) electrons. The van der Waals surface area contributed by atoms with Crippen molar-refractivity contribution < 1.29 is 9.53 Å². The molecule has 1 heterocycles. The molecule has 0 bridgehead atoms. The van der Waals surface area contributed by atoms with Crippen LogP contribution in [0.1, 0.15) is 21.7 Å². The van der Waals surface area contributed by atoms with E-state index in [2.05, 4.69) is 20.6 Å². The average molecular weight is 335 g/mol. The average Bonchev–Trinajstić information content (AvgIpc) is 2.54. The minimum absolute atomic E-state index is 0.250. The third-order valence-electron chi connectivity index (χ3n) is 3.04. The zero-order valence-corrected chi connectivity index (χ0v) is 13.9. The SMILES string of the molecule is COCCNc1nc(C)cc(C(=O)NCc2ccc(Cl)cc2)n1. The summed E-state index contributed by atoms with van der Waals surface area (Å²) in [5.74, 6) is 0.166. The number of anilines is 1. The summed E-state index contributed by atoms with van der Waals surface area (Å²) in [6, 6.07) is 8.96. The van der Waals surface area contributed by atoms with E-state index >= 15 is 0 Å². The Labute approximate surface area is 140 Å². The molecule has 2 N–H and O–H groups in total. The van der Waals surface area contributed by atoms with Gasteiger partial charge in [-0.05, 0) is 30.7 Å². The van der Waals surface area contributed by atoms with Crippen LogP contribution in [0.5, 0.6) is 0 Å². The molecule has 0 unspecified atom stereocenters. The fraction of sp³-hybridized carbons (Fsp3) is 0.312. The first-order valence-corrected chi connectivity index (χ1v) is 7.57. The molecule has 6 nitrogen and oxygen atoms in total. The number of halogens is 1. The number of carbonyl (C=O) groups excluding carboxylic acids is 1. The first-order valence-electron chi connectivity index (χ1n) is 7.19. The first kappa shape index (κ1) is 17.2. The highest BCUT2D eigenvalue weighted by atomic mass is 35.5. The van der Waals surface area contributed by atoms with Crippen LogP contribution in [0.25, 0.3) is 0 Å². The van der Waals surface area contributed by atoms with E-state index in [0.717, 1.165) is 11.3 Å². The summed E-state index contributed by atoms with van der Waals surface area (Å²) in [4.78, 5) is 20.7. The Morgan fingerprint density at radius 2 is 2.00 bits per heavy atom. The zero-order valence-electron chi connectivity index (χ0n) is 13.1. The number of ether oxygens (including phenoxy) is 1. The van der Waals surface area contributed by atoms with Crippen LogP contribution in [0.2, 0.25) is 5.02 Å². The fourth-order valence-electron chi connectivity index (χ4n) is 1.90. The molecule has 23 heavy (non-hydrogen) atoms. The van der Waals surface area contributed by atoms with E-state index in [9.17, 15) is 4.79 Å². The summed E-state index contributed by atoms with van der Waals surface area (Å²) in [5, 5.41) is 6.52. The van der Waals surface area contributed by atoms with Gasteiger partial charge in [-0.3, -0.25) is 4.79 Å². The van der Waals surface area contributed by atoms with Crippen molar-refractivity contribution in [3.05, 3.63) is 52.3 Å². The standard InChI is InChI=1S/C16H19ClN4O2/c1-11-9-14(21-16(20-11)18-7-8-23-2)15(22)19-10-12-3-5-13(17)6-4-12/h3-6,9H,7-8,10H2,1-2H3,(H,19,22)(H,18,20,21). The van der Waals surface area contributed by atoms with Gasteiger partial charge in [0.05, 0.1) is 6.61 Å². The van der Waals surface area contributed by atoms with Gasteiger partial charge >= 0.3 is 0 Å². The van der Waals surface area contributed by atoms with Crippen molar-refractivity contribution >= 4 is 23.5 Å². The predicted molar refractivity (Wildman–Crippen MR) is 89.8 cm³/mol. The second-order valence-electron chi connectivity index (χ2n) is 4.95. The van der Waals surface area contributed by atoms with E-state index in [1.54, 1.807) is 25.3 Å². The quantitative estimate of drug-likeness (QED) is 0.760. The highest BCUT2D eigenvalue weighted by molar-refractivity contribution is 6.30. The second-order valence-corrected chi connectivity index (χ2v) is 5.38. The van der Waals surface area contributed by atoms with Gasteiger partial charge in [-0.15, -0.1) is 0 Å². The van der Waals surface area contributed by atoms with Gasteiger partial charge in [0.15, 0.2) is 0 Å². The first-order chi connectivity index (χ1) is 11.1. The molecule has 0 saturated heterocycles. The van der Waals surface area contributed by atoms with Gasteiger partial charge in [-0.25, -0.2) is 9.97 Å². The van der Waals surface area contributed by atoms with Gasteiger partial charge in [0, 0.05) is 30.9 Å². The number of amides is 1. The highest BCUT2D eigenvalue weighted by Gasteiger charge is 2.10. The van der Waals surface area contributed by atoms with E-state index in [1.165, 1.54) is 0 Å². The van der Waals surface area contributed by atoms with Crippen LogP contribution in [-0.2, 0) is 11.3 Å². The lowest BCUT2D eigenvalue weighted by molar-refractivity contribution is 0.0945. The molecule has 1 aromatic carbocycles. The number of aryl methyl sites for hydroxylation is 1. The van der Waals surface area contributed by atoms with Crippen LogP contribution in [0.15, 0.2) is 30.3 Å². The van der Waals surface area contributed by atoms with E-state index < -0.39 is 0 Å². The summed E-state index contributed by atoms with van der Waals surface area (Å²) in [6.45, 7) is 3.34. The fourth-order valence-corrected chi connectivity index (χ4v) is 2.03. The minimum atomic E-state index is -0.250. The van der Waals surface area contributed by atoms with Crippen LogP contribution in [0.4, 0.5) is 5.95 Å². The van der Waals surface area contributed by atoms with Gasteiger partial charge in [0.1, 0.15) is 5.69 Å². The second kappa shape index (κ2) is 8.45. The maximum atomic E-state index is 12.2. The van der Waals surface area contributed by atoms with Crippen molar-refractivity contribution in [3.8, 4) is 0 Å². The van der Waals surface area contributed by atoms with Crippen molar-refractivity contribution in [1.29, 1.82) is 0 Å². The normalized spacial score (nSPS) is 10.4. The molecule has 2 rings (SSSR count). The third-order valence-corrected chi connectivity index (χ3v) is 3.29. The van der Waals surface area contributed by atoms with Gasteiger partial charge in [-0.1, -0.05) is 23.7 Å². The lowest BCUT2D eigenvalue weighted by Gasteiger charge is -2.09. The largest absolute Gasteiger partial charge is 0.383 e. The maximum absolute atomic E-state index is 12.2. The molecular formula is C16H19ClN4O2. The number of hydrogen-bond donors (Lipinski definition) is 2. The number of aromatic nitrogens is 2. The van der Waals surface area contributed by atoms with E-state index in [-0.39, 0.29) is 5.91 Å². The molecule has 0 spiro atoms. The highest BCUT2D eigenvalue weighted by Crippen LogP contribution is 2.10. The predicted octanol–water partition coefficient (Wildman–Crippen LogP) is 2.43. The molecule has 1 aromatic heterocycles. The molecule has 0 aliphatic heterocycles. The minimum Gasteiger partial charge on any atom is -0.383 e. The number of hydrogen-bond acceptors (Lipinski definition) is 5. The number of methoxy groups -OCH3 is 1. The van der Waals surface area contributed by atoms with Crippen molar-refractivity contribution in [2.45, 2.75) is 13.5 Å². The van der Waals surface area contributed by atoms with E-state index in [4.69, 9.17) is 16.3 Å². The Morgan fingerprint density at radius 1 is 1.26 bits per heavy atom. The van der Waals surface area contributed by atoms with Crippen LogP contribution >= 0.6 is 11.6 Å². The molecule has 0 aliphatic rings. The van der Waals surface area contributed by atoms with Crippen molar-refractivity contribution in [2.24, 2.45) is 0 Å². The maximum Gasteiger partial charge on any atom is 0.270 e. The Morgan fingerprint density at radius 3 is 2.70 bits per heavy atom. The Kier molecular flexibility index (Phi) is 6.31. The molecule has 0 aliphatic carbocycles. The van der Waals surface area contributed by atoms with Gasteiger partial charge in [0.25, 0.3) is 5.91 Å². The Balaban J connectivity index is 1.99. The summed E-state index contributed by atoms with van der Waals surface area (Å²) < 4.78 is 4.96. The molecular weight excluding hydrogens is 316 g/mol. The molecule has 7 heteroatoms. The summed E-state index contributed by atoms with van der Waals surface area (Å²) >= 11 is 5.84. The van der Waals surface area contributed by atoms with Crippen molar-refractivity contribution in [3.63, 3.8) is 0 Å². The van der Waals surface area contributed by atoms with Gasteiger partial charge < -0.3 is 15.4 Å². The zero-order chi connectivity index (χ0) is 16.7. The van der Waals surface area contributed by atoms with Crippen LogP contribution in [0, 0.1) is 6.92 Å². The van der Waals surface area contributed by atoms with E-state index in [0.29, 0.717) is 36.4 Å². The van der Waals surface area contributed by atoms with Gasteiger partial charge in [0.2, 0.25) is 5.95 Å². The van der Waals surface area contributed by atoms with Crippen molar-refractivity contribution in [2.75, 3.05) is 25.6 Å².